The van der Waals surface area contributed by atoms with Crippen molar-refractivity contribution < 1.29 is 9.05 Å². The Balaban J connectivity index is 2.10. The van der Waals surface area contributed by atoms with Crippen LogP contribution in [0.3, 0.4) is 0 Å². The van der Waals surface area contributed by atoms with Gasteiger partial charge in [-0.05, 0) is 57.0 Å². The molecule has 0 saturated carbocycles. The lowest BCUT2D eigenvalue weighted by atomic mass is 9.93. The van der Waals surface area contributed by atoms with Gasteiger partial charge in [-0.2, -0.15) is 0 Å². The highest BCUT2D eigenvalue weighted by Crippen LogP contribution is 2.37. The molecular formula is C19H17N3O2. The van der Waals surface area contributed by atoms with Gasteiger partial charge >= 0.3 is 0 Å². The second kappa shape index (κ2) is 5.30. The highest BCUT2D eigenvalue weighted by Gasteiger charge is 2.19. The molecule has 0 aliphatic carbocycles. The molecule has 24 heavy (non-hydrogen) atoms. The second-order valence-corrected chi connectivity index (χ2v) is 5.99. The van der Waals surface area contributed by atoms with Gasteiger partial charge in [-0.3, -0.25) is 4.98 Å². The number of nitrogens with zero attached hydrogens (tertiary/aromatic N) is 3. The number of rotatable bonds is 2. The monoisotopic (exact) mass is 319 g/mol. The summed E-state index contributed by atoms with van der Waals surface area (Å²) in [5.41, 5.74) is 6.78. The maximum absolute atomic E-state index is 5.38. The molecule has 4 rings (SSSR count). The average Bonchev–Trinajstić information content (AvgIpc) is 3.08. The molecule has 3 aromatic heterocycles. The van der Waals surface area contributed by atoms with E-state index in [1.807, 2.05) is 33.8 Å². The highest BCUT2D eigenvalue weighted by molar-refractivity contribution is 5.99. The van der Waals surface area contributed by atoms with Crippen molar-refractivity contribution in [1.29, 1.82) is 0 Å². The van der Waals surface area contributed by atoms with E-state index in [0.717, 1.165) is 56.1 Å². The molecule has 3 heterocycles. The Morgan fingerprint density at radius 2 is 1.50 bits per heavy atom. The number of aryl methyl sites for hydroxylation is 4. The van der Waals surface area contributed by atoms with Gasteiger partial charge in [-0.1, -0.05) is 16.4 Å². The summed E-state index contributed by atoms with van der Waals surface area (Å²) in [6.07, 6.45) is 1.80. The van der Waals surface area contributed by atoms with Gasteiger partial charge in [-0.15, -0.1) is 0 Å². The zero-order chi connectivity index (χ0) is 16.8. The van der Waals surface area contributed by atoms with Crippen LogP contribution in [0.15, 0.2) is 39.5 Å². The van der Waals surface area contributed by atoms with Crippen LogP contribution in [-0.4, -0.2) is 15.3 Å². The van der Waals surface area contributed by atoms with E-state index in [-0.39, 0.29) is 0 Å². The third-order valence-corrected chi connectivity index (χ3v) is 4.35. The minimum atomic E-state index is 0.799. The van der Waals surface area contributed by atoms with Gasteiger partial charge in [0.05, 0.1) is 16.9 Å². The van der Waals surface area contributed by atoms with Gasteiger partial charge in [-0.25, -0.2) is 0 Å². The Morgan fingerprint density at radius 1 is 0.833 bits per heavy atom. The van der Waals surface area contributed by atoms with Crippen molar-refractivity contribution >= 4 is 10.9 Å². The lowest BCUT2D eigenvalue weighted by Crippen LogP contribution is -1.90. The lowest BCUT2D eigenvalue weighted by Gasteiger charge is -2.10. The van der Waals surface area contributed by atoms with Crippen molar-refractivity contribution in [3.05, 3.63) is 53.4 Å². The molecular weight excluding hydrogens is 302 g/mol. The lowest BCUT2D eigenvalue weighted by molar-refractivity contribution is 0.393. The van der Waals surface area contributed by atoms with Crippen LogP contribution in [0, 0.1) is 27.7 Å². The fourth-order valence-corrected chi connectivity index (χ4v) is 3.30. The van der Waals surface area contributed by atoms with E-state index in [4.69, 9.17) is 9.05 Å². The maximum atomic E-state index is 5.38. The zero-order valence-corrected chi connectivity index (χ0v) is 14.0. The second-order valence-electron chi connectivity index (χ2n) is 5.99. The van der Waals surface area contributed by atoms with Gasteiger partial charge in [0, 0.05) is 22.7 Å². The van der Waals surface area contributed by atoms with Crippen LogP contribution in [0.5, 0.6) is 0 Å². The Labute approximate surface area is 139 Å². The van der Waals surface area contributed by atoms with E-state index < -0.39 is 0 Å². The van der Waals surface area contributed by atoms with Crippen molar-refractivity contribution in [2.75, 3.05) is 0 Å². The van der Waals surface area contributed by atoms with Crippen LogP contribution in [0.4, 0.5) is 0 Å². The summed E-state index contributed by atoms with van der Waals surface area (Å²) in [4.78, 5) is 4.54. The van der Waals surface area contributed by atoms with Crippen LogP contribution in [0.2, 0.25) is 0 Å². The Morgan fingerprint density at radius 3 is 2.12 bits per heavy atom. The molecule has 0 bridgehead atoms. The van der Waals surface area contributed by atoms with Crippen LogP contribution >= 0.6 is 0 Å². The molecule has 0 atom stereocenters. The number of pyridine rings is 1. The molecule has 0 unspecified atom stereocenters. The predicted octanol–water partition coefficient (Wildman–Crippen LogP) is 4.78. The topological polar surface area (TPSA) is 65.0 Å². The quantitative estimate of drug-likeness (QED) is 0.532. The summed E-state index contributed by atoms with van der Waals surface area (Å²) < 4.78 is 10.7. The first kappa shape index (κ1) is 14.6. The first-order valence-corrected chi connectivity index (χ1v) is 7.81. The molecule has 0 N–H and O–H groups in total. The molecule has 0 aliphatic heterocycles. The number of fused-ring (bicyclic) bond motifs is 1. The number of hydrogen-bond donors (Lipinski definition) is 0. The van der Waals surface area contributed by atoms with Gasteiger partial charge in [0.1, 0.15) is 11.5 Å². The first-order chi connectivity index (χ1) is 11.6. The van der Waals surface area contributed by atoms with Crippen molar-refractivity contribution in [2.45, 2.75) is 27.7 Å². The molecule has 0 radical (unpaired) electrons. The van der Waals surface area contributed by atoms with Crippen LogP contribution in [0.25, 0.3) is 33.2 Å². The fourth-order valence-electron chi connectivity index (χ4n) is 3.30. The summed E-state index contributed by atoms with van der Waals surface area (Å²) in [5.74, 6) is 1.60. The van der Waals surface area contributed by atoms with Crippen molar-refractivity contribution in [3.63, 3.8) is 0 Å². The minimum Gasteiger partial charge on any atom is -0.361 e. The normalized spacial score (nSPS) is 11.3. The van der Waals surface area contributed by atoms with E-state index in [9.17, 15) is 0 Å². The largest absolute Gasteiger partial charge is 0.361 e. The van der Waals surface area contributed by atoms with Gasteiger partial charge < -0.3 is 9.05 Å². The van der Waals surface area contributed by atoms with Crippen LogP contribution in [0.1, 0.15) is 22.9 Å². The molecule has 5 nitrogen and oxygen atoms in total. The fraction of sp³-hybridized carbons (Fsp3) is 0.211. The molecule has 120 valence electrons. The summed E-state index contributed by atoms with van der Waals surface area (Å²) >= 11 is 0. The van der Waals surface area contributed by atoms with Crippen molar-refractivity contribution in [3.8, 4) is 22.3 Å². The standard InChI is InChI=1S/C19H17N3O2/c1-10-18(12(3)23-21-10)14-8-16(19-11(2)22-24-13(19)4)15-6-5-7-20-17(15)9-14/h5-9H,1-4H3. The Hall–Kier alpha value is -2.95. The SMILES string of the molecule is Cc1noc(C)c1-c1cc(-c2c(C)noc2C)c2cccnc2c1. The Bertz CT molecular complexity index is 1020. The van der Waals surface area contributed by atoms with E-state index in [2.05, 4.69) is 33.5 Å². The van der Waals surface area contributed by atoms with E-state index in [1.165, 1.54) is 0 Å². The third kappa shape index (κ3) is 2.12. The molecule has 0 saturated heterocycles. The van der Waals surface area contributed by atoms with Gasteiger partial charge in [0.15, 0.2) is 0 Å². The average molecular weight is 319 g/mol. The first-order valence-electron chi connectivity index (χ1n) is 7.81. The van der Waals surface area contributed by atoms with Gasteiger partial charge in [0.2, 0.25) is 0 Å². The van der Waals surface area contributed by atoms with Gasteiger partial charge in [0.25, 0.3) is 0 Å². The molecule has 0 fully saturated rings. The van der Waals surface area contributed by atoms with Crippen LogP contribution in [-0.2, 0) is 0 Å². The van der Waals surface area contributed by atoms with Crippen molar-refractivity contribution in [1.82, 2.24) is 15.3 Å². The van der Waals surface area contributed by atoms with E-state index in [1.54, 1.807) is 6.20 Å². The maximum Gasteiger partial charge on any atom is 0.141 e. The zero-order valence-electron chi connectivity index (χ0n) is 14.0. The van der Waals surface area contributed by atoms with E-state index in [0.29, 0.717) is 0 Å². The Kier molecular flexibility index (Phi) is 3.23. The van der Waals surface area contributed by atoms with Crippen molar-refractivity contribution in [2.24, 2.45) is 0 Å². The number of hydrogen-bond acceptors (Lipinski definition) is 5. The highest BCUT2D eigenvalue weighted by atomic mass is 16.5. The molecule has 0 amide bonds. The van der Waals surface area contributed by atoms with Crippen LogP contribution < -0.4 is 0 Å². The molecule has 4 aromatic rings. The molecule has 1 aromatic carbocycles. The number of aromatic nitrogens is 3. The predicted molar refractivity (Wildman–Crippen MR) is 91.7 cm³/mol. The van der Waals surface area contributed by atoms with E-state index >= 15 is 0 Å². The molecule has 0 spiro atoms. The molecule has 5 heteroatoms. The smallest absolute Gasteiger partial charge is 0.141 e. The number of benzene rings is 1. The minimum absolute atomic E-state index is 0.799. The summed E-state index contributed by atoms with van der Waals surface area (Å²) in [6, 6.07) is 8.23. The summed E-state index contributed by atoms with van der Waals surface area (Å²) in [7, 11) is 0. The molecule has 0 aliphatic rings. The third-order valence-electron chi connectivity index (χ3n) is 4.35. The summed E-state index contributed by atoms with van der Waals surface area (Å²) in [5, 5.41) is 9.25. The summed E-state index contributed by atoms with van der Waals surface area (Å²) in [6.45, 7) is 7.76.